The van der Waals surface area contributed by atoms with Gasteiger partial charge in [0, 0.05) is 43.1 Å². The lowest BCUT2D eigenvalue weighted by atomic mass is 10.2. The number of aromatic nitrogens is 2. The highest BCUT2D eigenvalue weighted by molar-refractivity contribution is 7.17. The summed E-state index contributed by atoms with van der Waals surface area (Å²) in [6.07, 6.45) is 1.57. The van der Waals surface area contributed by atoms with E-state index < -0.39 is 0 Å². The Hall–Kier alpha value is -2.35. The van der Waals surface area contributed by atoms with Gasteiger partial charge in [0.2, 0.25) is 0 Å². The van der Waals surface area contributed by atoms with E-state index in [2.05, 4.69) is 20.2 Å². The first-order valence-electron chi connectivity index (χ1n) is 9.15. The molecule has 1 aromatic carbocycles. The summed E-state index contributed by atoms with van der Waals surface area (Å²) in [5, 5.41) is 5.06. The van der Waals surface area contributed by atoms with Crippen molar-refractivity contribution in [2.75, 3.05) is 36.4 Å². The van der Waals surface area contributed by atoms with Gasteiger partial charge in [0.15, 0.2) is 5.13 Å². The van der Waals surface area contributed by atoms with Gasteiger partial charge in [-0.15, -0.1) is 0 Å². The molecule has 1 N–H and O–H groups in total. The Morgan fingerprint density at radius 2 is 1.72 bits per heavy atom. The van der Waals surface area contributed by atoms with Crippen molar-refractivity contribution in [3.05, 3.63) is 63.2 Å². The minimum absolute atomic E-state index is 0.0212. The Kier molecular flexibility index (Phi) is 5.89. The lowest BCUT2D eigenvalue weighted by Crippen LogP contribution is -2.48. The number of halogens is 2. The number of hydrogen-bond acceptors (Lipinski definition) is 6. The molecule has 6 nitrogen and oxygen atoms in total. The monoisotopic (exact) mass is 447 g/mol. The summed E-state index contributed by atoms with van der Waals surface area (Å²) in [6.45, 7) is 4.75. The van der Waals surface area contributed by atoms with E-state index in [1.54, 1.807) is 18.3 Å². The molecule has 1 aliphatic rings. The highest BCUT2D eigenvalue weighted by atomic mass is 35.5. The molecule has 3 heterocycles. The van der Waals surface area contributed by atoms with E-state index in [0.717, 1.165) is 29.5 Å². The molecule has 0 bridgehead atoms. The Bertz CT molecular complexity index is 999. The number of amides is 1. The van der Waals surface area contributed by atoms with Crippen LogP contribution in [0.2, 0.25) is 10.0 Å². The molecule has 0 saturated carbocycles. The van der Waals surface area contributed by atoms with Crippen LogP contribution >= 0.6 is 34.5 Å². The smallest absolute Gasteiger partial charge is 0.266 e. The number of pyridine rings is 1. The second kappa shape index (κ2) is 8.57. The molecule has 2 aromatic heterocycles. The maximum absolute atomic E-state index is 13.0. The van der Waals surface area contributed by atoms with Crippen molar-refractivity contribution in [2.24, 2.45) is 0 Å². The van der Waals surface area contributed by atoms with Crippen molar-refractivity contribution in [3.8, 4) is 0 Å². The number of nitrogens with zero attached hydrogens (tertiary/aromatic N) is 4. The van der Waals surface area contributed by atoms with Gasteiger partial charge in [0.25, 0.3) is 5.91 Å². The third-order valence-electron chi connectivity index (χ3n) is 4.71. The molecule has 1 saturated heterocycles. The van der Waals surface area contributed by atoms with E-state index in [-0.39, 0.29) is 5.91 Å². The molecular weight excluding hydrogens is 429 g/mol. The van der Waals surface area contributed by atoms with Gasteiger partial charge < -0.3 is 15.1 Å². The minimum Gasteiger partial charge on any atom is -0.368 e. The van der Waals surface area contributed by atoms with Gasteiger partial charge in [-0.1, -0.05) is 34.5 Å². The van der Waals surface area contributed by atoms with E-state index >= 15 is 0 Å². The predicted molar refractivity (Wildman–Crippen MR) is 119 cm³/mol. The van der Waals surface area contributed by atoms with Crippen molar-refractivity contribution in [1.29, 1.82) is 0 Å². The van der Waals surface area contributed by atoms with Crippen molar-refractivity contribution >= 4 is 57.1 Å². The Morgan fingerprint density at radius 1 is 1.03 bits per heavy atom. The van der Waals surface area contributed by atoms with Crippen LogP contribution in [-0.4, -0.2) is 47.0 Å². The van der Waals surface area contributed by atoms with Crippen LogP contribution in [0, 0.1) is 6.92 Å². The maximum atomic E-state index is 13.0. The summed E-state index contributed by atoms with van der Waals surface area (Å²) in [6, 6.07) is 11.3. The number of piperazine rings is 1. The van der Waals surface area contributed by atoms with Crippen molar-refractivity contribution < 1.29 is 4.79 Å². The molecule has 29 heavy (non-hydrogen) atoms. The molecule has 1 aliphatic heterocycles. The molecular formula is C20H19Cl2N5OS. The lowest BCUT2D eigenvalue weighted by molar-refractivity contribution is 0.0750. The van der Waals surface area contributed by atoms with Gasteiger partial charge >= 0.3 is 0 Å². The number of benzene rings is 1. The molecule has 0 radical (unpaired) electrons. The number of anilines is 3. The fraction of sp³-hybridized carbons (Fsp3) is 0.250. The van der Waals surface area contributed by atoms with Gasteiger partial charge in [-0.2, -0.15) is 0 Å². The highest BCUT2D eigenvalue weighted by Crippen LogP contribution is 2.27. The van der Waals surface area contributed by atoms with Gasteiger partial charge in [-0.05, 0) is 43.3 Å². The standard InChI is InChI=1S/C20H19Cl2N5OS/c1-13-18(29-20(24-13)25-17-7-4-15(22)12-23-17)19(28)27-10-8-26(9-11-27)16-5-2-14(21)3-6-16/h2-7,12H,8-11H2,1H3,(H,23,24,25). The van der Waals surface area contributed by atoms with Crippen molar-refractivity contribution in [3.63, 3.8) is 0 Å². The van der Waals surface area contributed by atoms with Gasteiger partial charge in [-0.3, -0.25) is 4.79 Å². The average Bonchev–Trinajstić information content (AvgIpc) is 3.10. The second-order valence-electron chi connectivity index (χ2n) is 6.68. The summed E-state index contributed by atoms with van der Waals surface area (Å²) >= 11 is 13.2. The zero-order chi connectivity index (χ0) is 20.4. The largest absolute Gasteiger partial charge is 0.368 e. The molecule has 9 heteroatoms. The van der Waals surface area contributed by atoms with Crippen molar-refractivity contribution in [1.82, 2.24) is 14.9 Å². The van der Waals surface area contributed by atoms with E-state index in [1.807, 2.05) is 36.1 Å². The number of aryl methyl sites for hydroxylation is 1. The summed E-state index contributed by atoms with van der Waals surface area (Å²) in [4.78, 5) is 26.5. The first kappa shape index (κ1) is 19.9. The molecule has 0 atom stereocenters. The summed E-state index contributed by atoms with van der Waals surface area (Å²) < 4.78 is 0. The van der Waals surface area contributed by atoms with Crippen LogP contribution in [0.1, 0.15) is 15.4 Å². The van der Waals surface area contributed by atoms with E-state index in [1.165, 1.54) is 11.3 Å². The van der Waals surface area contributed by atoms with Crippen LogP contribution in [0.5, 0.6) is 0 Å². The minimum atomic E-state index is 0.0212. The zero-order valence-electron chi connectivity index (χ0n) is 15.7. The fourth-order valence-electron chi connectivity index (χ4n) is 3.17. The van der Waals surface area contributed by atoms with E-state index in [4.69, 9.17) is 23.2 Å². The molecule has 1 amide bonds. The Balaban J connectivity index is 1.40. The SMILES string of the molecule is Cc1nc(Nc2ccc(Cl)cn2)sc1C(=O)N1CCN(c2ccc(Cl)cc2)CC1. The molecule has 0 spiro atoms. The van der Waals surface area contributed by atoms with E-state index in [9.17, 15) is 4.79 Å². The highest BCUT2D eigenvalue weighted by Gasteiger charge is 2.25. The summed E-state index contributed by atoms with van der Waals surface area (Å²) in [5.41, 5.74) is 1.84. The average molecular weight is 448 g/mol. The number of nitrogens with one attached hydrogen (secondary N) is 1. The van der Waals surface area contributed by atoms with Crippen LogP contribution in [-0.2, 0) is 0 Å². The van der Waals surface area contributed by atoms with Crippen LogP contribution in [0.4, 0.5) is 16.6 Å². The van der Waals surface area contributed by atoms with Crippen LogP contribution in [0.15, 0.2) is 42.6 Å². The Morgan fingerprint density at radius 3 is 2.38 bits per heavy atom. The molecule has 1 fully saturated rings. The summed E-state index contributed by atoms with van der Waals surface area (Å²) in [5.74, 6) is 0.659. The third kappa shape index (κ3) is 4.63. The quantitative estimate of drug-likeness (QED) is 0.618. The number of carbonyl (C=O) groups is 1. The topological polar surface area (TPSA) is 61.4 Å². The van der Waals surface area contributed by atoms with Crippen LogP contribution < -0.4 is 10.2 Å². The summed E-state index contributed by atoms with van der Waals surface area (Å²) in [7, 11) is 0. The zero-order valence-corrected chi connectivity index (χ0v) is 18.1. The van der Waals surface area contributed by atoms with Crippen molar-refractivity contribution in [2.45, 2.75) is 6.92 Å². The van der Waals surface area contributed by atoms with Gasteiger partial charge in [0.05, 0.1) is 10.7 Å². The van der Waals surface area contributed by atoms with E-state index in [0.29, 0.717) is 33.9 Å². The predicted octanol–water partition coefficient (Wildman–Crippen LogP) is 4.86. The van der Waals surface area contributed by atoms with Crippen LogP contribution in [0.25, 0.3) is 0 Å². The maximum Gasteiger partial charge on any atom is 0.266 e. The molecule has 4 rings (SSSR count). The van der Waals surface area contributed by atoms with Crippen LogP contribution in [0.3, 0.4) is 0 Å². The number of thiazole rings is 1. The van der Waals surface area contributed by atoms with Gasteiger partial charge in [-0.25, -0.2) is 9.97 Å². The van der Waals surface area contributed by atoms with Gasteiger partial charge in [0.1, 0.15) is 10.7 Å². The second-order valence-corrected chi connectivity index (χ2v) is 8.55. The Labute approximate surface area is 183 Å². The molecule has 0 unspecified atom stereocenters. The number of carbonyl (C=O) groups excluding carboxylic acids is 1. The fourth-order valence-corrected chi connectivity index (χ4v) is 4.35. The first-order chi connectivity index (χ1) is 14.0. The molecule has 150 valence electrons. The number of hydrogen-bond donors (Lipinski definition) is 1. The molecule has 3 aromatic rings. The first-order valence-corrected chi connectivity index (χ1v) is 10.7. The number of rotatable bonds is 4. The third-order valence-corrected chi connectivity index (χ3v) is 6.25. The molecule has 0 aliphatic carbocycles. The normalized spacial score (nSPS) is 14.2. The lowest BCUT2D eigenvalue weighted by Gasteiger charge is -2.36.